The van der Waals surface area contributed by atoms with Crippen LogP contribution in [0.4, 0.5) is 4.79 Å². The first-order valence-corrected chi connectivity index (χ1v) is 8.64. The highest BCUT2D eigenvalue weighted by atomic mass is 16.7. The number of amides is 2. The highest BCUT2D eigenvalue weighted by Gasteiger charge is 2.40. The summed E-state index contributed by atoms with van der Waals surface area (Å²) >= 11 is 0. The van der Waals surface area contributed by atoms with Gasteiger partial charge in [0.25, 0.3) is 0 Å². The third-order valence-corrected chi connectivity index (χ3v) is 5.31. The minimum atomic E-state index is -0.722. The molecule has 23 heavy (non-hydrogen) atoms. The minimum Gasteiger partial charge on any atom is -0.481 e. The summed E-state index contributed by atoms with van der Waals surface area (Å²) in [4.78, 5) is 23.0. The van der Waals surface area contributed by atoms with Crippen LogP contribution in [0.2, 0.25) is 0 Å². The van der Waals surface area contributed by atoms with Gasteiger partial charge in [0.05, 0.1) is 19.1 Å². The van der Waals surface area contributed by atoms with Gasteiger partial charge in [0.1, 0.15) is 0 Å². The number of ether oxygens (including phenoxy) is 2. The minimum absolute atomic E-state index is 0.0852. The van der Waals surface area contributed by atoms with Crippen LogP contribution in [0.1, 0.15) is 51.4 Å². The van der Waals surface area contributed by atoms with E-state index in [9.17, 15) is 9.59 Å². The fraction of sp³-hybridized carbons (Fsp3) is 0.875. The molecule has 3 aliphatic rings. The summed E-state index contributed by atoms with van der Waals surface area (Å²) in [5.74, 6) is -1.37. The summed E-state index contributed by atoms with van der Waals surface area (Å²) in [5.41, 5.74) is 0. The van der Waals surface area contributed by atoms with Gasteiger partial charge in [0.15, 0.2) is 5.79 Å². The van der Waals surface area contributed by atoms with Crippen LogP contribution >= 0.6 is 0 Å². The first kappa shape index (κ1) is 16.5. The zero-order chi connectivity index (χ0) is 16.3. The molecule has 0 radical (unpaired) electrons. The van der Waals surface area contributed by atoms with E-state index in [0.717, 1.165) is 38.5 Å². The number of aliphatic carboxylic acids is 1. The molecule has 3 rings (SSSR count). The molecule has 0 atom stereocenters. The van der Waals surface area contributed by atoms with Gasteiger partial charge in [0, 0.05) is 24.9 Å². The highest BCUT2D eigenvalue weighted by molar-refractivity contribution is 5.74. The van der Waals surface area contributed by atoms with E-state index in [-0.39, 0.29) is 24.0 Å². The number of hydrogen-bond donors (Lipinski definition) is 3. The van der Waals surface area contributed by atoms with E-state index < -0.39 is 11.8 Å². The lowest BCUT2D eigenvalue weighted by atomic mass is 9.86. The van der Waals surface area contributed by atoms with Crippen LogP contribution in [0.25, 0.3) is 0 Å². The number of nitrogens with one attached hydrogen (secondary N) is 2. The second kappa shape index (κ2) is 7.05. The third kappa shape index (κ3) is 4.14. The molecule has 0 unspecified atom stereocenters. The SMILES string of the molecule is O=C(NC1CCC(C(=O)O)CC1)NC1CCC2(CC1)OCCO2. The summed E-state index contributed by atoms with van der Waals surface area (Å²) in [7, 11) is 0. The second-order valence-electron chi connectivity index (χ2n) is 6.89. The van der Waals surface area contributed by atoms with E-state index in [1.807, 2.05) is 0 Å². The maximum Gasteiger partial charge on any atom is 0.315 e. The molecule has 7 nitrogen and oxygen atoms in total. The Morgan fingerprint density at radius 1 is 0.870 bits per heavy atom. The average Bonchev–Trinajstić information content (AvgIpc) is 2.99. The summed E-state index contributed by atoms with van der Waals surface area (Å²) in [6.07, 6.45) is 6.11. The van der Waals surface area contributed by atoms with Crippen molar-refractivity contribution in [2.24, 2.45) is 5.92 Å². The molecule has 0 bridgehead atoms. The number of carbonyl (C=O) groups excluding carboxylic acids is 1. The predicted molar refractivity (Wildman–Crippen MR) is 81.9 cm³/mol. The molecule has 3 N–H and O–H groups in total. The van der Waals surface area contributed by atoms with Crippen molar-refractivity contribution in [1.29, 1.82) is 0 Å². The first-order chi connectivity index (χ1) is 11.1. The van der Waals surface area contributed by atoms with Gasteiger partial charge in [-0.2, -0.15) is 0 Å². The Kier molecular flexibility index (Phi) is 5.06. The number of hydrogen-bond acceptors (Lipinski definition) is 4. The zero-order valence-corrected chi connectivity index (χ0v) is 13.4. The smallest absolute Gasteiger partial charge is 0.315 e. The third-order valence-electron chi connectivity index (χ3n) is 5.31. The Morgan fingerprint density at radius 2 is 1.39 bits per heavy atom. The van der Waals surface area contributed by atoms with E-state index >= 15 is 0 Å². The van der Waals surface area contributed by atoms with E-state index in [4.69, 9.17) is 14.6 Å². The molecule has 0 aromatic carbocycles. The van der Waals surface area contributed by atoms with E-state index in [0.29, 0.717) is 26.1 Å². The Balaban J connectivity index is 1.36. The van der Waals surface area contributed by atoms with Gasteiger partial charge in [0.2, 0.25) is 0 Å². The van der Waals surface area contributed by atoms with Crippen molar-refractivity contribution in [3.05, 3.63) is 0 Å². The average molecular weight is 326 g/mol. The van der Waals surface area contributed by atoms with Gasteiger partial charge in [-0.3, -0.25) is 4.79 Å². The molecule has 1 saturated heterocycles. The maximum absolute atomic E-state index is 12.1. The molecule has 7 heteroatoms. The van der Waals surface area contributed by atoms with E-state index in [1.54, 1.807) is 0 Å². The van der Waals surface area contributed by atoms with Crippen molar-refractivity contribution in [1.82, 2.24) is 10.6 Å². The van der Waals surface area contributed by atoms with Crippen LogP contribution in [0.5, 0.6) is 0 Å². The fourth-order valence-corrected chi connectivity index (χ4v) is 3.88. The van der Waals surface area contributed by atoms with Gasteiger partial charge in [-0.05, 0) is 38.5 Å². The molecular formula is C16H26N2O5. The Bertz CT molecular complexity index is 432. The Labute approximate surface area is 136 Å². The van der Waals surface area contributed by atoms with Gasteiger partial charge in [-0.1, -0.05) is 0 Å². The van der Waals surface area contributed by atoms with Gasteiger partial charge in [-0.25, -0.2) is 4.79 Å². The molecule has 1 spiro atoms. The molecular weight excluding hydrogens is 300 g/mol. The second-order valence-corrected chi connectivity index (χ2v) is 6.89. The van der Waals surface area contributed by atoms with Crippen molar-refractivity contribution < 1.29 is 24.2 Å². The highest BCUT2D eigenvalue weighted by Crippen LogP contribution is 2.35. The lowest BCUT2D eigenvalue weighted by Gasteiger charge is -2.36. The molecule has 1 aliphatic heterocycles. The molecule has 2 aliphatic carbocycles. The van der Waals surface area contributed by atoms with Crippen molar-refractivity contribution in [2.45, 2.75) is 69.2 Å². The van der Waals surface area contributed by atoms with E-state index in [2.05, 4.69) is 10.6 Å². The van der Waals surface area contributed by atoms with Crippen molar-refractivity contribution >= 4 is 12.0 Å². The van der Waals surface area contributed by atoms with Gasteiger partial charge >= 0.3 is 12.0 Å². The quantitative estimate of drug-likeness (QED) is 0.732. The molecule has 1 heterocycles. The van der Waals surface area contributed by atoms with Crippen LogP contribution in [0.15, 0.2) is 0 Å². The van der Waals surface area contributed by atoms with Crippen LogP contribution in [0.3, 0.4) is 0 Å². The normalized spacial score (nSPS) is 31.0. The zero-order valence-electron chi connectivity index (χ0n) is 13.4. The van der Waals surface area contributed by atoms with Crippen LogP contribution in [-0.2, 0) is 14.3 Å². The molecule has 0 aromatic rings. The fourth-order valence-electron chi connectivity index (χ4n) is 3.88. The Hall–Kier alpha value is -1.34. The topological polar surface area (TPSA) is 96.9 Å². The number of carboxylic acid groups (broad SMARTS) is 1. The van der Waals surface area contributed by atoms with Crippen LogP contribution in [0, 0.1) is 5.92 Å². The lowest BCUT2D eigenvalue weighted by molar-refractivity contribution is -0.179. The number of urea groups is 1. The number of carboxylic acids is 1. The maximum atomic E-state index is 12.1. The number of carbonyl (C=O) groups is 2. The molecule has 2 amide bonds. The summed E-state index contributed by atoms with van der Waals surface area (Å²) in [5, 5.41) is 15.0. The summed E-state index contributed by atoms with van der Waals surface area (Å²) < 4.78 is 11.4. The van der Waals surface area contributed by atoms with Crippen LogP contribution < -0.4 is 10.6 Å². The first-order valence-electron chi connectivity index (χ1n) is 8.64. The van der Waals surface area contributed by atoms with Crippen molar-refractivity contribution in [3.8, 4) is 0 Å². The molecule has 130 valence electrons. The Morgan fingerprint density at radius 3 is 1.91 bits per heavy atom. The molecule has 3 fully saturated rings. The van der Waals surface area contributed by atoms with Gasteiger partial charge < -0.3 is 25.2 Å². The molecule has 0 aromatic heterocycles. The van der Waals surface area contributed by atoms with Crippen molar-refractivity contribution in [2.75, 3.05) is 13.2 Å². The number of rotatable bonds is 3. The molecule has 2 saturated carbocycles. The summed E-state index contributed by atoms with van der Waals surface area (Å²) in [6, 6.07) is 0.101. The van der Waals surface area contributed by atoms with Crippen LogP contribution in [-0.4, -0.2) is 48.2 Å². The standard InChI is InChI=1S/C16H26N2O5/c19-14(20)11-1-3-12(4-2-11)17-15(21)18-13-5-7-16(8-6-13)22-9-10-23-16/h11-13H,1-10H2,(H,19,20)(H2,17,18,21). The van der Waals surface area contributed by atoms with Gasteiger partial charge in [-0.15, -0.1) is 0 Å². The summed E-state index contributed by atoms with van der Waals surface area (Å²) in [6.45, 7) is 1.33. The lowest BCUT2D eigenvalue weighted by Crippen LogP contribution is -2.50. The monoisotopic (exact) mass is 326 g/mol. The predicted octanol–water partition coefficient (Wildman–Crippen LogP) is 1.61. The van der Waals surface area contributed by atoms with E-state index in [1.165, 1.54) is 0 Å². The van der Waals surface area contributed by atoms with Crippen molar-refractivity contribution in [3.63, 3.8) is 0 Å². The largest absolute Gasteiger partial charge is 0.481 e.